The van der Waals surface area contributed by atoms with E-state index in [1.165, 1.54) is 17.0 Å². The van der Waals surface area contributed by atoms with Crippen LogP contribution in [-0.2, 0) is 7.05 Å². The lowest BCUT2D eigenvalue weighted by molar-refractivity contribution is 0.869. The first-order valence-corrected chi connectivity index (χ1v) is 5.09. The van der Waals surface area contributed by atoms with Crippen LogP contribution in [0, 0.1) is 13.8 Å². The summed E-state index contributed by atoms with van der Waals surface area (Å²) in [5, 5.41) is 0. The van der Waals surface area contributed by atoms with Crippen LogP contribution in [0.15, 0.2) is 24.8 Å². The van der Waals surface area contributed by atoms with Gasteiger partial charge in [-0.1, -0.05) is 32.6 Å². The maximum atomic E-state index is 3.65. The highest BCUT2D eigenvalue weighted by Crippen LogP contribution is 2.14. The molecule has 0 aromatic carbocycles. The molecule has 0 aliphatic heterocycles. The van der Waals surface area contributed by atoms with E-state index < -0.39 is 0 Å². The molecule has 0 atom stereocenters. The zero-order valence-corrected chi connectivity index (χ0v) is 9.96. The Kier molecular flexibility index (Phi) is 5.70. The Morgan fingerprint density at radius 3 is 2.21 bits per heavy atom. The molecule has 0 amide bonds. The Hall–Kier alpha value is -1.24. The largest absolute Gasteiger partial charge is 0.348 e. The monoisotopic (exact) mass is 191 g/mol. The summed E-state index contributed by atoms with van der Waals surface area (Å²) in [6, 6.07) is 2.18. The van der Waals surface area contributed by atoms with Gasteiger partial charge in [-0.15, -0.1) is 0 Å². The van der Waals surface area contributed by atoms with Crippen molar-refractivity contribution < 1.29 is 0 Å². The molecule has 0 N–H and O–H groups in total. The molecule has 0 aliphatic carbocycles. The average molecular weight is 191 g/mol. The second kappa shape index (κ2) is 6.25. The molecule has 0 fully saturated rings. The van der Waals surface area contributed by atoms with Crippen LogP contribution in [0.1, 0.15) is 30.8 Å². The summed E-state index contributed by atoms with van der Waals surface area (Å²) in [7, 11) is 2.07. The van der Waals surface area contributed by atoms with E-state index in [1.807, 2.05) is 19.9 Å². The van der Waals surface area contributed by atoms with Gasteiger partial charge in [0.25, 0.3) is 0 Å². The molecular formula is C13H21N. The molecule has 1 aromatic heterocycles. The smallest absolute Gasteiger partial charge is 0.0435 e. The van der Waals surface area contributed by atoms with Crippen LogP contribution in [-0.4, -0.2) is 4.57 Å². The lowest BCUT2D eigenvalue weighted by Gasteiger charge is -1.99. The van der Waals surface area contributed by atoms with E-state index in [2.05, 4.69) is 44.2 Å². The van der Waals surface area contributed by atoms with Crippen LogP contribution in [0.2, 0.25) is 0 Å². The molecule has 0 aliphatic rings. The first kappa shape index (κ1) is 12.8. The molecule has 14 heavy (non-hydrogen) atoms. The van der Waals surface area contributed by atoms with Gasteiger partial charge in [-0.2, -0.15) is 0 Å². The van der Waals surface area contributed by atoms with Crippen LogP contribution < -0.4 is 0 Å². The topological polar surface area (TPSA) is 4.93 Å². The van der Waals surface area contributed by atoms with Crippen LogP contribution in [0.3, 0.4) is 0 Å². The predicted molar refractivity (Wildman–Crippen MR) is 65.5 cm³/mol. The number of rotatable bonds is 2. The Labute approximate surface area is 87.8 Å². The molecule has 78 valence electrons. The van der Waals surface area contributed by atoms with Crippen LogP contribution in [0.25, 0.3) is 6.08 Å². The van der Waals surface area contributed by atoms with Crippen molar-refractivity contribution in [1.82, 2.24) is 4.57 Å². The Morgan fingerprint density at radius 2 is 1.86 bits per heavy atom. The zero-order valence-electron chi connectivity index (χ0n) is 9.96. The molecule has 1 nitrogen and oxygen atoms in total. The molecule has 1 rings (SSSR count). The standard InChI is InChI=1S/C11H15N.C2H6/c1-5-6-7-11-9(2)8-10(3)12(11)4;1-2/h5-8H,1H2,2-4H3;1-2H3/b7-6-;. The number of allylic oxidation sites excluding steroid dienone is 2. The van der Waals surface area contributed by atoms with Gasteiger partial charge in [0.05, 0.1) is 0 Å². The van der Waals surface area contributed by atoms with Crippen molar-refractivity contribution in [1.29, 1.82) is 0 Å². The minimum absolute atomic E-state index is 1.26. The number of hydrogen-bond donors (Lipinski definition) is 0. The molecule has 0 saturated carbocycles. The van der Waals surface area contributed by atoms with E-state index >= 15 is 0 Å². The SMILES string of the molecule is C=C/C=C\c1c(C)cc(C)n1C.CC. The Morgan fingerprint density at radius 1 is 1.29 bits per heavy atom. The van der Waals surface area contributed by atoms with Crippen LogP contribution in [0.4, 0.5) is 0 Å². The highest BCUT2D eigenvalue weighted by molar-refractivity contribution is 5.52. The van der Waals surface area contributed by atoms with Crippen LogP contribution >= 0.6 is 0 Å². The van der Waals surface area contributed by atoms with E-state index in [4.69, 9.17) is 0 Å². The van der Waals surface area contributed by atoms with Crippen molar-refractivity contribution in [2.45, 2.75) is 27.7 Å². The van der Waals surface area contributed by atoms with Crippen molar-refractivity contribution in [2.75, 3.05) is 0 Å². The second-order valence-electron chi connectivity index (χ2n) is 3.01. The molecule has 0 unspecified atom stereocenters. The average Bonchev–Trinajstić information content (AvgIpc) is 2.43. The van der Waals surface area contributed by atoms with Gasteiger partial charge < -0.3 is 4.57 Å². The fourth-order valence-corrected chi connectivity index (χ4v) is 1.34. The van der Waals surface area contributed by atoms with Crippen molar-refractivity contribution in [2.24, 2.45) is 7.05 Å². The summed E-state index contributed by atoms with van der Waals surface area (Å²) in [6.45, 7) is 11.9. The van der Waals surface area contributed by atoms with Gasteiger partial charge in [0.2, 0.25) is 0 Å². The molecule has 0 bridgehead atoms. The summed E-state index contributed by atoms with van der Waals surface area (Å²) in [5.74, 6) is 0. The van der Waals surface area contributed by atoms with E-state index in [9.17, 15) is 0 Å². The normalized spacial score (nSPS) is 9.79. The molecule has 1 heteroatoms. The molecule has 1 aromatic rings. The summed E-state index contributed by atoms with van der Waals surface area (Å²) >= 11 is 0. The van der Waals surface area contributed by atoms with Crippen molar-refractivity contribution in [3.8, 4) is 0 Å². The lowest BCUT2D eigenvalue weighted by Crippen LogP contribution is -1.93. The summed E-state index contributed by atoms with van der Waals surface area (Å²) in [5.41, 5.74) is 3.86. The summed E-state index contributed by atoms with van der Waals surface area (Å²) in [4.78, 5) is 0. The third kappa shape index (κ3) is 2.91. The van der Waals surface area contributed by atoms with Gasteiger partial charge in [0, 0.05) is 18.4 Å². The summed E-state index contributed by atoms with van der Waals surface area (Å²) < 4.78 is 2.18. The van der Waals surface area contributed by atoms with Gasteiger partial charge in [0.15, 0.2) is 0 Å². The van der Waals surface area contributed by atoms with Gasteiger partial charge >= 0.3 is 0 Å². The van der Waals surface area contributed by atoms with Crippen molar-refractivity contribution >= 4 is 6.08 Å². The third-order valence-electron chi connectivity index (χ3n) is 2.11. The van der Waals surface area contributed by atoms with Crippen LogP contribution in [0.5, 0.6) is 0 Å². The number of aromatic nitrogens is 1. The Bertz CT molecular complexity index is 316. The predicted octanol–water partition coefficient (Wildman–Crippen LogP) is 3.87. The number of nitrogens with zero attached hydrogens (tertiary/aromatic N) is 1. The van der Waals surface area contributed by atoms with E-state index in [0.29, 0.717) is 0 Å². The maximum absolute atomic E-state index is 3.65. The first-order chi connectivity index (χ1) is 6.66. The molecule has 0 spiro atoms. The highest BCUT2D eigenvalue weighted by Gasteiger charge is 2.01. The highest BCUT2D eigenvalue weighted by atomic mass is 14.9. The number of hydrogen-bond acceptors (Lipinski definition) is 0. The minimum Gasteiger partial charge on any atom is -0.348 e. The van der Waals surface area contributed by atoms with E-state index in [1.54, 1.807) is 6.08 Å². The van der Waals surface area contributed by atoms with E-state index in [-0.39, 0.29) is 0 Å². The zero-order chi connectivity index (χ0) is 11.1. The minimum atomic E-state index is 1.26. The quantitative estimate of drug-likeness (QED) is 0.625. The van der Waals surface area contributed by atoms with Gasteiger partial charge in [-0.3, -0.25) is 0 Å². The van der Waals surface area contributed by atoms with E-state index in [0.717, 1.165) is 0 Å². The second-order valence-corrected chi connectivity index (χ2v) is 3.01. The van der Waals surface area contributed by atoms with Gasteiger partial charge in [-0.25, -0.2) is 0 Å². The molecule has 1 heterocycles. The molecule has 0 saturated heterocycles. The first-order valence-electron chi connectivity index (χ1n) is 5.09. The van der Waals surface area contributed by atoms with Gasteiger partial charge in [0.1, 0.15) is 0 Å². The third-order valence-corrected chi connectivity index (χ3v) is 2.11. The maximum Gasteiger partial charge on any atom is 0.0435 e. The van der Waals surface area contributed by atoms with Crippen molar-refractivity contribution in [3.63, 3.8) is 0 Å². The lowest BCUT2D eigenvalue weighted by atomic mass is 10.2. The summed E-state index contributed by atoms with van der Waals surface area (Å²) in [6.07, 6.45) is 5.83. The molecular weight excluding hydrogens is 170 g/mol. The Balaban J connectivity index is 0.000000791. The number of aryl methyl sites for hydroxylation is 2. The fourth-order valence-electron chi connectivity index (χ4n) is 1.34. The van der Waals surface area contributed by atoms with Gasteiger partial charge in [-0.05, 0) is 31.6 Å². The fraction of sp³-hybridized carbons (Fsp3) is 0.385. The molecule has 0 radical (unpaired) electrons. The van der Waals surface area contributed by atoms with Crippen molar-refractivity contribution in [3.05, 3.63) is 41.7 Å².